The largest absolute Gasteiger partial charge is 0.402 e. The van der Waals surface area contributed by atoms with E-state index in [2.05, 4.69) is 10.1 Å². The van der Waals surface area contributed by atoms with E-state index >= 15 is 0 Å². The SMILES string of the molecule is Cn1cc(/C=C2/N=C(c3ccc4ccccc4c3)OC2=O)cn1. The predicted octanol–water partition coefficient (Wildman–Crippen LogP) is 2.92. The minimum atomic E-state index is -0.447. The summed E-state index contributed by atoms with van der Waals surface area (Å²) >= 11 is 0. The summed E-state index contributed by atoms with van der Waals surface area (Å²) in [4.78, 5) is 16.3. The second kappa shape index (κ2) is 5.21. The molecule has 3 aromatic rings. The predicted molar refractivity (Wildman–Crippen MR) is 87.8 cm³/mol. The van der Waals surface area contributed by atoms with Crippen LogP contribution in [-0.2, 0) is 16.6 Å². The summed E-state index contributed by atoms with van der Waals surface area (Å²) in [7, 11) is 1.82. The zero-order chi connectivity index (χ0) is 15.8. The van der Waals surface area contributed by atoms with E-state index in [1.807, 2.05) is 55.7 Å². The van der Waals surface area contributed by atoms with E-state index in [4.69, 9.17) is 4.74 Å². The van der Waals surface area contributed by atoms with Gasteiger partial charge in [-0.2, -0.15) is 5.10 Å². The lowest BCUT2D eigenvalue weighted by Crippen LogP contribution is -2.05. The van der Waals surface area contributed by atoms with Gasteiger partial charge in [0.15, 0.2) is 5.70 Å². The van der Waals surface area contributed by atoms with Crippen LogP contribution in [0.5, 0.6) is 0 Å². The van der Waals surface area contributed by atoms with Crippen LogP contribution < -0.4 is 0 Å². The van der Waals surface area contributed by atoms with Crippen molar-refractivity contribution < 1.29 is 9.53 Å². The number of benzene rings is 2. The Morgan fingerprint density at radius 3 is 2.74 bits per heavy atom. The first-order valence-corrected chi connectivity index (χ1v) is 7.19. The maximum Gasteiger partial charge on any atom is 0.363 e. The lowest BCUT2D eigenvalue weighted by Gasteiger charge is -2.02. The molecule has 23 heavy (non-hydrogen) atoms. The summed E-state index contributed by atoms with van der Waals surface area (Å²) in [5, 5.41) is 6.28. The second-order valence-corrected chi connectivity index (χ2v) is 5.35. The number of esters is 1. The van der Waals surface area contributed by atoms with E-state index < -0.39 is 5.97 Å². The van der Waals surface area contributed by atoms with Gasteiger partial charge in [0.2, 0.25) is 5.90 Å². The molecule has 0 atom stereocenters. The number of nitrogens with zero attached hydrogens (tertiary/aromatic N) is 3. The molecule has 0 N–H and O–H groups in total. The average Bonchev–Trinajstić information content (AvgIpc) is 3.13. The van der Waals surface area contributed by atoms with Crippen molar-refractivity contribution in [2.75, 3.05) is 0 Å². The molecule has 4 rings (SSSR count). The fourth-order valence-corrected chi connectivity index (χ4v) is 2.53. The third-order valence-electron chi connectivity index (χ3n) is 3.65. The topological polar surface area (TPSA) is 56.5 Å². The Morgan fingerprint density at radius 1 is 1.13 bits per heavy atom. The number of aromatic nitrogens is 2. The Hall–Kier alpha value is -3.21. The average molecular weight is 303 g/mol. The maximum atomic E-state index is 12.0. The number of ether oxygens (including phenoxy) is 1. The first-order valence-electron chi connectivity index (χ1n) is 7.19. The van der Waals surface area contributed by atoms with Crippen LogP contribution in [0.25, 0.3) is 16.8 Å². The maximum absolute atomic E-state index is 12.0. The van der Waals surface area contributed by atoms with Crippen LogP contribution in [0.4, 0.5) is 0 Å². The Labute approximate surface area is 132 Å². The third-order valence-corrected chi connectivity index (χ3v) is 3.65. The van der Waals surface area contributed by atoms with Gasteiger partial charge in [0, 0.05) is 24.4 Å². The Bertz CT molecular complexity index is 983. The Morgan fingerprint density at radius 2 is 1.96 bits per heavy atom. The van der Waals surface area contributed by atoms with Crippen molar-refractivity contribution in [3.8, 4) is 0 Å². The van der Waals surface area contributed by atoms with Gasteiger partial charge in [-0.1, -0.05) is 30.3 Å². The van der Waals surface area contributed by atoms with Crippen molar-refractivity contribution in [2.45, 2.75) is 0 Å². The van der Waals surface area contributed by atoms with E-state index in [0.29, 0.717) is 5.90 Å². The van der Waals surface area contributed by atoms with Gasteiger partial charge >= 0.3 is 5.97 Å². The van der Waals surface area contributed by atoms with E-state index in [0.717, 1.165) is 21.9 Å². The van der Waals surface area contributed by atoms with E-state index in [1.54, 1.807) is 17.0 Å². The van der Waals surface area contributed by atoms with Crippen molar-refractivity contribution >= 4 is 28.7 Å². The zero-order valence-electron chi connectivity index (χ0n) is 12.4. The van der Waals surface area contributed by atoms with E-state index in [1.165, 1.54) is 0 Å². The smallest absolute Gasteiger partial charge is 0.363 e. The fourth-order valence-electron chi connectivity index (χ4n) is 2.53. The van der Waals surface area contributed by atoms with Gasteiger partial charge < -0.3 is 4.74 Å². The Kier molecular flexibility index (Phi) is 3.05. The van der Waals surface area contributed by atoms with Gasteiger partial charge in [-0.15, -0.1) is 0 Å². The molecule has 1 aliphatic heterocycles. The molecule has 1 aromatic heterocycles. The molecule has 0 saturated carbocycles. The number of fused-ring (bicyclic) bond motifs is 1. The fraction of sp³-hybridized carbons (Fsp3) is 0.0556. The molecule has 0 fully saturated rings. The first-order chi connectivity index (χ1) is 11.2. The van der Waals surface area contributed by atoms with Crippen LogP contribution in [0.1, 0.15) is 11.1 Å². The highest BCUT2D eigenvalue weighted by Gasteiger charge is 2.24. The number of aliphatic imine (C=N–C) groups is 1. The number of carbonyl (C=O) groups excluding carboxylic acids is 1. The number of aryl methyl sites for hydroxylation is 1. The molecule has 112 valence electrons. The summed E-state index contributed by atoms with van der Waals surface area (Å²) in [5.41, 5.74) is 1.87. The number of hydrogen-bond donors (Lipinski definition) is 0. The van der Waals surface area contributed by atoms with Gasteiger partial charge in [-0.3, -0.25) is 4.68 Å². The summed E-state index contributed by atoms with van der Waals surface area (Å²) in [6.45, 7) is 0. The van der Waals surface area contributed by atoms with Crippen LogP contribution in [0, 0.1) is 0 Å². The molecule has 0 aliphatic carbocycles. The van der Waals surface area contributed by atoms with Gasteiger partial charge in [-0.25, -0.2) is 9.79 Å². The minimum absolute atomic E-state index is 0.279. The van der Waals surface area contributed by atoms with Crippen molar-refractivity contribution in [1.82, 2.24) is 9.78 Å². The van der Waals surface area contributed by atoms with E-state index in [-0.39, 0.29) is 5.70 Å². The molecule has 0 saturated heterocycles. The molecule has 2 heterocycles. The molecule has 0 unspecified atom stereocenters. The molecule has 1 aliphatic rings. The lowest BCUT2D eigenvalue weighted by molar-refractivity contribution is -0.129. The van der Waals surface area contributed by atoms with Crippen molar-refractivity contribution in [3.05, 3.63) is 71.7 Å². The van der Waals surface area contributed by atoms with Crippen LogP contribution >= 0.6 is 0 Å². The highest BCUT2D eigenvalue weighted by molar-refractivity contribution is 6.13. The number of hydrogen-bond acceptors (Lipinski definition) is 4. The van der Waals surface area contributed by atoms with Crippen molar-refractivity contribution in [2.24, 2.45) is 12.0 Å². The van der Waals surface area contributed by atoms with Gasteiger partial charge in [0.25, 0.3) is 0 Å². The summed E-state index contributed by atoms with van der Waals surface area (Å²) < 4.78 is 6.97. The van der Waals surface area contributed by atoms with Crippen molar-refractivity contribution in [3.63, 3.8) is 0 Å². The monoisotopic (exact) mass is 303 g/mol. The highest BCUT2D eigenvalue weighted by Crippen LogP contribution is 2.22. The third kappa shape index (κ3) is 2.53. The molecule has 0 amide bonds. The molecule has 0 radical (unpaired) electrons. The second-order valence-electron chi connectivity index (χ2n) is 5.35. The minimum Gasteiger partial charge on any atom is -0.402 e. The van der Waals surface area contributed by atoms with Crippen LogP contribution in [0.2, 0.25) is 0 Å². The molecule has 0 bridgehead atoms. The van der Waals surface area contributed by atoms with E-state index in [9.17, 15) is 4.79 Å². The van der Waals surface area contributed by atoms with Gasteiger partial charge in [0.05, 0.1) is 6.20 Å². The summed E-state index contributed by atoms with van der Waals surface area (Å²) in [5.74, 6) is -0.118. The molecular weight excluding hydrogens is 290 g/mol. The summed E-state index contributed by atoms with van der Waals surface area (Å²) in [6.07, 6.45) is 5.15. The van der Waals surface area contributed by atoms with Gasteiger partial charge in [-0.05, 0) is 29.0 Å². The molecule has 0 spiro atoms. The molecule has 5 heteroatoms. The Balaban J connectivity index is 1.72. The number of cyclic esters (lactones) is 1. The molecular formula is C18H13N3O2. The van der Waals surface area contributed by atoms with Crippen molar-refractivity contribution in [1.29, 1.82) is 0 Å². The highest BCUT2D eigenvalue weighted by atomic mass is 16.6. The van der Waals surface area contributed by atoms with Crippen LogP contribution in [0.3, 0.4) is 0 Å². The van der Waals surface area contributed by atoms with Crippen LogP contribution in [-0.4, -0.2) is 21.6 Å². The standard InChI is InChI=1S/C18H13N3O2/c1-21-11-12(10-19-21)8-16-18(22)23-17(20-16)15-7-6-13-4-2-3-5-14(13)9-15/h2-11H,1H3/b16-8+. The zero-order valence-corrected chi connectivity index (χ0v) is 12.4. The molecule has 2 aromatic carbocycles. The lowest BCUT2D eigenvalue weighted by atomic mass is 10.1. The quantitative estimate of drug-likeness (QED) is 0.540. The number of rotatable bonds is 2. The van der Waals surface area contributed by atoms with Gasteiger partial charge in [0.1, 0.15) is 0 Å². The first kappa shape index (κ1) is 13.5. The molecule has 5 nitrogen and oxygen atoms in total. The van der Waals surface area contributed by atoms with Crippen LogP contribution in [0.15, 0.2) is 65.5 Å². The normalized spacial score (nSPS) is 16.0. The summed E-state index contributed by atoms with van der Waals surface area (Å²) in [6, 6.07) is 13.9. The number of carbonyl (C=O) groups is 1.